The van der Waals surface area contributed by atoms with E-state index in [1.165, 1.54) is 6.20 Å². The summed E-state index contributed by atoms with van der Waals surface area (Å²) in [6, 6.07) is 9.72. The zero-order valence-electron chi connectivity index (χ0n) is 12.3. The van der Waals surface area contributed by atoms with Gasteiger partial charge in [0, 0.05) is 0 Å². The summed E-state index contributed by atoms with van der Waals surface area (Å²) >= 11 is 0. The molecule has 1 heterocycles. The fourth-order valence-electron chi connectivity index (χ4n) is 2.04. The lowest BCUT2D eigenvalue weighted by atomic mass is 10.1. The minimum Gasteiger partial charge on any atom is -0.453 e. The summed E-state index contributed by atoms with van der Waals surface area (Å²) in [5.74, 6) is -0.436. The second-order valence-corrected chi connectivity index (χ2v) is 4.74. The van der Waals surface area contributed by atoms with Gasteiger partial charge in [-0.05, 0) is 18.9 Å². The van der Waals surface area contributed by atoms with Crippen molar-refractivity contribution in [3.05, 3.63) is 60.4 Å². The smallest absolute Gasteiger partial charge is 0.358 e. The van der Waals surface area contributed by atoms with Crippen LogP contribution in [-0.2, 0) is 4.74 Å². The van der Waals surface area contributed by atoms with Gasteiger partial charge >= 0.3 is 5.97 Å². The first-order chi connectivity index (χ1) is 10.2. The molecule has 110 valence electrons. The Morgan fingerprint density at radius 1 is 1.43 bits per heavy atom. The number of esters is 1. The van der Waals surface area contributed by atoms with Crippen LogP contribution in [0.4, 0.5) is 0 Å². The molecule has 2 aromatic rings. The van der Waals surface area contributed by atoms with Crippen LogP contribution in [-0.4, -0.2) is 27.1 Å². The van der Waals surface area contributed by atoms with E-state index in [9.17, 15) is 4.79 Å². The lowest BCUT2D eigenvalue weighted by molar-refractivity contribution is 0.0373. The average Bonchev–Trinajstić information content (AvgIpc) is 3.02. The van der Waals surface area contributed by atoms with Gasteiger partial charge in [0.15, 0.2) is 5.69 Å². The molecular formula is C16H19N3O2. The maximum atomic E-state index is 12.2. The number of aromatic nitrogens is 3. The molecule has 1 unspecified atom stereocenters. The van der Waals surface area contributed by atoms with E-state index in [1.807, 2.05) is 44.2 Å². The second-order valence-electron chi connectivity index (χ2n) is 4.74. The van der Waals surface area contributed by atoms with Crippen LogP contribution in [0.5, 0.6) is 0 Å². The minimum atomic E-state index is -0.436. The second kappa shape index (κ2) is 6.83. The van der Waals surface area contributed by atoms with Crippen molar-refractivity contribution < 1.29 is 9.53 Å². The van der Waals surface area contributed by atoms with E-state index in [-0.39, 0.29) is 12.1 Å². The summed E-state index contributed by atoms with van der Waals surface area (Å²) in [5, 5.41) is 7.85. The molecule has 0 aliphatic rings. The van der Waals surface area contributed by atoms with Crippen LogP contribution >= 0.6 is 0 Å². The molecular weight excluding hydrogens is 266 g/mol. The summed E-state index contributed by atoms with van der Waals surface area (Å²) in [5.41, 5.74) is 1.39. The molecule has 2 rings (SSSR count). The molecule has 0 radical (unpaired) electrons. The zero-order valence-corrected chi connectivity index (χ0v) is 12.3. The largest absolute Gasteiger partial charge is 0.453 e. The molecule has 0 spiro atoms. The predicted molar refractivity (Wildman–Crippen MR) is 80.0 cm³/mol. The Bertz CT molecular complexity index is 607. The van der Waals surface area contributed by atoms with Crippen LogP contribution < -0.4 is 0 Å². The summed E-state index contributed by atoms with van der Waals surface area (Å²) in [4.78, 5) is 12.2. The topological polar surface area (TPSA) is 57.0 Å². The van der Waals surface area contributed by atoms with E-state index in [0.29, 0.717) is 12.1 Å². The highest BCUT2D eigenvalue weighted by molar-refractivity contribution is 5.87. The van der Waals surface area contributed by atoms with Crippen LogP contribution in [0.25, 0.3) is 0 Å². The Morgan fingerprint density at radius 2 is 2.14 bits per heavy atom. The third-order valence-corrected chi connectivity index (χ3v) is 3.36. The van der Waals surface area contributed by atoms with Gasteiger partial charge in [-0.2, -0.15) is 0 Å². The first-order valence-corrected chi connectivity index (χ1v) is 6.96. The zero-order chi connectivity index (χ0) is 15.2. The third kappa shape index (κ3) is 3.37. The fraction of sp³-hybridized carbons (Fsp3) is 0.312. The number of carbonyl (C=O) groups is 1. The van der Waals surface area contributed by atoms with Gasteiger partial charge in [0.05, 0.1) is 12.2 Å². The van der Waals surface area contributed by atoms with Crippen molar-refractivity contribution in [3.8, 4) is 0 Å². The normalized spacial score (nSPS) is 13.4. The van der Waals surface area contributed by atoms with E-state index in [4.69, 9.17) is 4.74 Å². The number of hydrogen-bond acceptors (Lipinski definition) is 4. The van der Waals surface area contributed by atoms with Crippen molar-refractivity contribution in [1.82, 2.24) is 15.0 Å². The monoisotopic (exact) mass is 285 g/mol. The van der Waals surface area contributed by atoms with Gasteiger partial charge < -0.3 is 4.74 Å². The number of carbonyl (C=O) groups excluding carboxylic acids is 1. The summed E-state index contributed by atoms with van der Waals surface area (Å²) in [7, 11) is 0. The predicted octanol–water partition coefficient (Wildman–Crippen LogP) is 3.01. The van der Waals surface area contributed by atoms with Crippen molar-refractivity contribution in [1.29, 1.82) is 0 Å². The number of nitrogens with zero attached hydrogens (tertiary/aromatic N) is 3. The van der Waals surface area contributed by atoms with Crippen molar-refractivity contribution in [2.24, 2.45) is 0 Å². The third-order valence-electron chi connectivity index (χ3n) is 3.36. The lowest BCUT2D eigenvalue weighted by Crippen LogP contribution is -2.21. The van der Waals surface area contributed by atoms with Crippen molar-refractivity contribution in [2.75, 3.05) is 0 Å². The molecule has 0 saturated heterocycles. The molecule has 1 aromatic carbocycles. The molecule has 0 aliphatic heterocycles. The summed E-state index contributed by atoms with van der Waals surface area (Å²) in [6.07, 6.45) is 3.43. The standard InChI is InChI=1S/C16H19N3O2/c1-4-14(5-2)21-16(20)15-11-17-18-19(15)12(3)13-9-7-6-8-10-13/h4,6-12,14H,1,5H2,2-3H3/t12-,14?/m1/s1. The molecule has 5 nitrogen and oxygen atoms in total. The van der Waals surface area contributed by atoms with Gasteiger partial charge in [-0.15, -0.1) is 5.10 Å². The van der Waals surface area contributed by atoms with Gasteiger partial charge in [0.2, 0.25) is 0 Å². The molecule has 0 saturated carbocycles. The number of rotatable bonds is 6. The molecule has 0 N–H and O–H groups in total. The molecule has 21 heavy (non-hydrogen) atoms. The van der Waals surface area contributed by atoms with E-state index in [2.05, 4.69) is 16.9 Å². The highest BCUT2D eigenvalue weighted by atomic mass is 16.5. The number of benzene rings is 1. The summed E-state index contributed by atoms with van der Waals surface area (Å²) < 4.78 is 6.94. The Hall–Kier alpha value is -2.43. The lowest BCUT2D eigenvalue weighted by Gasteiger charge is -2.16. The maximum Gasteiger partial charge on any atom is 0.358 e. The highest BCUT2D eigenvalue weighted by Crippen LogP contribution is 2.18. The van der Waals surface area contributed by atoms with Crippen LogP contribution in [0.1, 0.15) is 42.4 Å². The molecule has 0 amide bonds. The first-order valence-electron chi connectivity index (χ1n) is 6.96. The van der Waals surface area contributed by atoms with Gasteiger partial charge in [-0.1, -0.05) is 55.1 Å². The molecule has 0 fully saturated rings. The number of hydrogen-bond donors (Lipinski definition) is 0. The molecule has 5 heteroatoms. The first kappa shape index (κ1) is 15.0. The molecule has 2 atom stereocenters. The van der Waals surface area contributed by atoms with E-state index >= 15 is 0 Å². The van der Waals surface area contributed by atoms with Gasteiger partial charge in [-0.3, -0.25) is 0 Å². The van der Waals surface area contributed by atoms with E-state index in [0.717, 1.165) is 5.56 Å². The Balaban J connectivity index is 2.22. The van der Waals surface area contributed by atoms with Gasteiger partial charge in [0.1, 0.15) is 6.10 Å². The van der Waals surface area contributed by atoms with Crippen molar-refractivity contribution >= 4 is 5.97 Å². The van der Waals surface area contributed by atoms with E-state index in [1.54, 1.807) is 10.8 Å². The van der Waals surface area contributed by atoms with Gasteiger partial charge in [0.25, 0.3) is 0 Å². The van der Waals surface area contributed by atoms with Crippen molar-refractivity contribution in [2.45, 2.75) is 32.4 Å². The maximum absolute atomic E-state index is 12.2. The van der Waals surface area contributed by atoms with Gasteiger partial charge in [-0.25, -0.2) is 9.48 Å². The van der Waals surface area contributed by atoms with Crippen LogP contribution in [0, 0.1) is 0 Å². The quantitative estimate of drug-likeness (QED) is 0.604. The Labute approximate surface area is 124 Å². The minimum absolute atomic E-state index is 0.0972. The Morgan fingerprint density at radius 3 is 2.76 bits per heavy atom. The number of ether oxygens (including phenoxy) is 1. The van der Waals surface area contributed by atoms with Crippen LogP contribution in [0.3, 0.4) is 0 Å². The molecule has 1 aromatic heterocycles. The molecule has 0 bridgehead atoms. The summed E-state index contributed by atoms with van der Waals surface area (Å²) in [6.45, 7) is 7.55. The van der Waals surface area contributed by atoms with Crippen molar-refractivity contribution in [3.63, 3.8) is 0 Å². The average molecular weight is 285 g/mol. The van der Waals surface area contributed by atoms with Crippen LogP contribution in [0.15, 0.2) is 49.2 Å². The van der Waals surface area contributed by atoms with E-state index < -0.39 is 5.97 Å². The van der Waals surface area contributed by atoms with Crippen LogP contribution in [0.2, 0.25) is 0 Å². The Kier molecular flexibility index (Phi) is 4.87. The molecule has 0 aliphatic carbocycles. The SMILES string of the molecule is C=CC(CC)OC(=O)c1cnnn1[C@H](C)c1ccccc1. The highest BCUT2D eigenvalue weighted by Gasteiger charge is 2.21. The fourth-order valence-corrected chi connectivity index (χ4v) is 2.04.